The molecule has 1 aliphatic rings. The Balaban J connectivity index is 1.62. The smallest absolute Gasteiger partial charge is 0.261 e. The molecule has 1 N–H and O–H groups in total. The lowest BCUT2D eigenvalue weighted by Gasteiger charge is -2.13. The summed E-state index contributed by atoms with van der Waals surface area (Å²) >= 11 is 5.93. The van der Waals surface area contributed by atoms with Gasteiger partial charge in [0.2, 0.25) is 5.91 Å². The van der Waals surface area contributed by atoms with Gasteiger partial charge in [-0.05, 0) is 50.3 Å². The van der Waals surface area contributed by atoms with E-state index in [9.17, 15) is 9.59 Å². The summed E-state index contributed by atoms with van der Waals surface area (Å²) in [4.78, 5) is 28.7. The number of nitrogens with zero attached hydrogens (tertiary/aromatic N) is 2. The molecule has 0 spiro atoms. The summed E-state index contributed by atoms with van der Waals surface area (Å²) < 4.78 is 1.31. The van der Waals surface area contributed by atoms with Crippen LogP contribution in [0.1, 0.15) is 32.1 Å². The second-order valence-electron chi connectivity index (χ2n) is 6.05. The number of rotatable bonds is 5. The predicted molar refractivity (Wildman–Crippen MR) is 95.2 cm³/mol. The highest BCUT2D eigenvalue weighted by molar-refractivity contribution is 6.31. The number of amides is 1. The van der Waals surface area contributed by atoms with Crippen LogP contribution in [0.3, 0.4) is 0 Å². The van der Waals surface area contributed by atoms with E-state index in [0.29, 0.717) is 22.5 Å². The number of hydrogen-bond acceptors (Lipinski definition) is 3. The van der Waals surface area contributed by atoms with Crippen LogP contribution in [0.15, 0.2) is 41.0 Å². The lowest BCUT2D eigenvalue weighted by Crippen LogP contribution is -2.33. The zero-order chi connectivity index (χ0) is 16.9. The fourth-order valence-electron chi connectivity index (χ4n) is 2.95. The third kappa shape index (κ3) is 4.03. The minimum absolute atomic E-state index is 0.0344. The number of carbonyl (C=O) groups is 1. The number of hydrogen-bond donors (Lipinski definition) is 1. The van der Waals surface area contributed by atoms with E-state index < -0.39 is 0 Å². The van der Waals surface area contributed by atoms with Gasteiger partial charge in [-0.15, -0.1) is 0 Å². The number of halogens is 1. The topological polar surface area (TPSA) is 64.0 Å². The van der Waals surface area contributed by atoms with Crippen LogP contribution in [0.5, 0.6) is 0 Å². The summed E-state index contributed by atoms with van der Waals surface area (Å²) in [5.74, 6) is -0.184. The highest BCUT2D eigenvalue weighted by Gasteiger charge is 2.09. The molecule has 1 aliphatic carbocycles. The maximum Gasteiger partial charge on any atom is 0.261 e. The zero-order valence-corrected chi connectivity index (χ0v) is 14.2. The number of allylic oxidation sites excluding steroid dienone is 1. The van der Waals surface area contributed by atoms with Gasteiger partial charge in [0.05, 0.1) is 17.2 Å². The zero-order valence-electron chi connectivity index (χ0n) is 13.4. The Morgan fingerprint density at radius 2 is 2.21 bits per heavy atom. The molecule has 0 aliphatic heterocycles. The summed E-state index contributed by atoms with van der Waals surface area (Å²) in [7, 11) is 0. The molecule has 1 heterocycles. The number of carbonyl (C=O) groups excluding carboxylic acids is 1. The summed E-state index contributed by atoms with van der Waals surface area (Å²) in [5.41, 5.74) is 1.73. The second-order valence-corrected chi connectivity index (χ2v) is 6.48. The minimum atomic E-state index is -0.257. The molecule has 6 heteroatoms. The molecule has 0 radical (unpaired) electrons. The average molecular weight is 346 g/mol. The van der Waals surface area contributed by atoms with E-state index in [1.54, 1.807) is 18.2 Å². The maximum atomic E-state index is 12.4. The van der Waals surface area contributed by atoms with Crippen LogP contribution in [-0.2, 0) is 11.3 Å². The van der Waals surface area contributed by atoms with Crippen molar-refractivity contribution < 1.29 is 4.79 Å². The van der Waals surface area contributed by atoms with Crippen LogP contribution < -0.4 is 10.9 Å². The van der Waals surface area contributed by atoms with Gasteiger partial charge in [0.15, 0.2) is 0 Å². The molecule has 5 nitrogen and oxygen atoms in total. The Bertz CT molecular complexity index is 842. The first-order valence-electron chi connectivity index (χ1n) is 8.23. The molecule has 0 atom stereocenters. The van der Waals surface area contributed by atoms with Gasteiger partial charge in [0.1, 0.15) is 6.54 Å². The first-order chi connectivity index (χ1) is 11.6. The molecule has 0 unspecified atom stereocenters. The molecule has 0 fully saturated rings. The number of nitrogens with one attached hydrogen (secondary N) is 1. The van der Waals surface area contributed by atoms with Crippen molar-refractivity contribution in [3.05, 3.63) is 51.6 Å². The van der Waals surface area contributed by atoms with Crippen molar-refractivity contribution in [2.45, 2.75) is 38.6 Å². The van der Waals surface area contributed by atoms with E-state index in [0.717, 1.165) is 19.3 Å². The molecule has 0 bridgehead atoms. The van der Waals surface area contributed by atoms with Crippen molar-refractivity contribution in [1.29, 1.82) is 0 Å². The quantitative estimate of drug-likeness (QED) is 0.847. The molecule has 1 amide bonds. The maximum absolute atomic E-state index is 12.4. The average Bonchev–Trinajstić information content (AvgIpc) is 2.59. The Labute approximate surface area is 145 Å². The van der Waals surface area contributed by atoms with Crippen molar-refractivity contribution in [2.75, 3.05) is 6.54 Å². The fraction of sp³-hybridized carbons (Fsp3) is 0.389. The summed E-state index contributed by atoms with van der Waals surface area (Å²) in [6, 6.07) is 4.96. The molecule has 2 aromatic rings. The monoisotopic (exact) mass is 345 g/mol. The molecular formula is C18H20ClN3O2. The van der Waals surface area contributed by atoms with Crippen LogP contribution in [-0.4, -0.2) is 22.0 Å². The van der Waals surface area contributed by atoms with Crippen molar-refractivity contribution in [2.24, 2.45) is 0 Å². The normalized spacial score (nSPS) is 14.5. The lowest BCUT2D eigenvalue weighted by atomic mass is 9.97. The molecule has 24 heavy (non-hydrogen) atoms. The van der Waals surface area contributed by atoms with Crippen molar-refractivity contribution in [3.8, 4) is 0 Å². The number of benzene rings is 1. The molecule has 0 saturated heterocycles. The lowest BCUT2D eigenvalue weighted by molar-refractivity contribution is -0.121. The molecule has 1 aromatic heterocycles. The van der Waals surface area contributed by atoms with E-state index >= 15 is 0 Å². The van der Waals surface area contributed by atoms with E-state index in [2.05, 4.69) is 16.4 Å². The van der Waals surface area contributed by atoms with Gasteiger partial charge >= 0.3 is 0 Å². The van der Waals surface area contributed by atoms with Gasteiger partial charge < -0.3 is 5.32 Å². The first kappa shape index (κ1) is 16.7. The summed E-state index contributed by atoms with van der Waals surface area (Å²) in [5, 5.41) is 3.77. The molecule has 0 saturated carbocycles. The number of fused-ring (bicyclic) bond motifs is 1. The molecule has 3 rings (SSSR count). The highest BCUT2D eigenvalue weighted by Crippen LogP contribution is 2.19. The van der Waals surface area contributed by atoms with Crippen molar-refractivity contribution in [3.63, 3.8) is 0 Å². The largest absolute Gasteiger partial charge is 0.354 e. The molecule has 126 valence electrons. The Morgan fingerprint density at radius 1 is 1.33 bits per heavy atom. The van der Waals surface area contributed by atoms with Crippen molar-refractivity contribution in [1.82, 2.24) is 14.9 Å². The minimum Gasteiger partial charge on any atom is -0.354 e. The van der Waals surface area contributed by atoms with Crippen LogP contribution in [0.4, 0.5) is 0 Å². The second kappa shape index (κ2) is 7.62. The molecule has 1 aromatic carbocycles. The van der Waals surface area contributed by atoms with Gasteiger partial charge in [-0.3, -0.25) is 14.2 Å². The van der Waals surface area contributed by atoms with Crippen molar-refractivity contribution >= 4 is 28.4 Å². The van der Waals surface area contributed by atoms with Crippen LogP contribution >= 0.6 is 11.6 Å². The summed E-state index contributed by atoms with van der Waals surface area (Å²) in [6.45, 7) is 0.569. The third-order valence-corrected chi connectivity index (χ3v) is 4.49. The molecular weight excluding hydrogens is 326 g/mol. The van der Waals surface area contributed by atoms with Crippen LogP contribution in [0, 0.1) is 0 Å². The third-order valence-electron chi connectivity index (χ3n) is 4.25. The fourth-order valence-corrected chi connectivity index (χ4v) is 3.12. The van der Waals surface area contributed by atoms with E-state index in [1.165, 1.54) is 29.3 Å². The Morgan fingerprint density at radius 3 is 3.00 bits per heavy atom. The van der Waals surface area contributed by atoms with Gasteiger partial charge in [0.25, 0.3) is 5.56 Å². The Kier molecular flexibility index (Phi) is 5.30. The van der Waals surface area contributed by atoms with Crippen LogP contribution in [0.25, 0.3) is 10.9 Å². The van der Waals surface area contributed by atoms with Gasteiger partial charge in [-0.2, -0.15) is 0 Å². The SMILES string of the molecule is O=C(Cn1cnc2ccc(Cl)cc2c1=O)NCCC1=CCCCC1. The summed E-state index contributed by atoms with van der Waals surface area (Å²) in [6.07, 6.45) is 9.33. The number of aromatic nitrogens is 2. The van der Waals surface area contributed by atoms with Gasteiger partial charge in [0, 0.05) is 11.6 Å². The standard InChI is InChI=1S/C18H20ClN3O2/c19-14-6-7-16-15(10-14)18(24)22(12-21-16)11-17(23)20-9-8-13-4-2-1-3-5-13/h4,6-7,10,12H,1-3,5,8-9,11H2,(H,20,23). The first-order valence-corrected chi connectivity index (χ1v) is 8.60. The van der Waals surface area contributed by atoms with Gasteiger partial charge in [-0.1, -0.05) is 23.3 Å². The van der Waals surface area contributed by atoms with E-state index in [-0.39, 0.29) is 18.0 Å². The van der Waals surface area contributed by atoms with E-state index in [4.69, 9.17) is 11.6 Å². The highest BCUT2D eigenvalue weighted by atomic mass is 35.5. The Hall–Kier alpha value is -2.14. The van der Waals surface area contributed by atoms with Gasteiger partial charge in [-0.25, -0.2) is 4.98 Å². The predicted octanol–water partition coefficient (Wildman–Crippen LogP) is 3.06. The van der Waals surface area contributed by atoms with E-state index in [1.807, 2.05) is 0 Å². The van der Waals surface area contributed by atoms with Crippen LogP contribution in [0.2, 0.25) is 5.02 Å².